The van der Waals surface area contributed by atoms with Crippen LogP contribution in [0.1, 0.15) is 200 Å². The molecule has 0 spiro atoms. The summed E-state index contributed by atoms with van der Waals surface area (Å²) in [5.74, 6) is -0.902. The summed E-state index contributed by atoms with van der Waals surface area (Å²) in [7, 11) is -4.75. The molecule has 8 nitrogen and oxygen atoms in total. The molecular formula is C38H73O8P. The normalized spacial score (nSPS) is 12.5. The summed E-state index contributed by atoms with van der Waals surface area (Å²) in [5, 5.41) is 0. The fraction of sp³-hybridized carbons (Fsp3) is 0.895. The Hall–Kier alpha value is -1.21. The van der Waals surface area contributed by atoms with Crippen molar-refractivity contribution in [2.24, 2.45) is 0 Å². The summed E-state index contributed by atoms with van der Waals surface area (Å²) < 4.78 is 26.3. The fourth-order valence-corrected chi connectivity index (χ4v) is 5.96. The van der Waals surface area contributed by atoms with Gasteiger partial charge in [-0.05, 0) is 38.5 Å². The highest BCUT2D eigenvalue weighted by Gasteiger charge is 2.22. The van der Waals surface area contributed by atoms with Crippen molar-refractivity contribution in [1.82, 2.24) is 0 Å². The summed E-state index contributed by atoms with van der Waals surface area (Å²) in [6, 6.07) is 0. The lowest BCUT2D eigenvalue weighted by Crippen LogP contribution is -2.29. The molecule has 2 N–H and O–H groups in total. The zero-order valence-electron chi connectivity index (χ0n) is 30.4. The van der Waals surface area contributed by atoms with Gasteiger partial charge in [0.15, 0.2) is 6.10 Å². The van der Waals surface area contributed by atoms with E-state index in [-0.39, 0.29) is 19.4 Å². The molecule has 1 atom stereocenters. The van der Waals surface area contributed by atoms with Gasteiger partial charge in [-0.1, -0.05) is 161 Å². The first-order chi connectivity index (χ1) is 22.8. The first kappa shape index (κ1) is 45.8. The van der Waals surface area contributed by atoms with Crippen molar-refractivity contribution in [3.05, 3.63) is 12.2 Å². The smallest absolute Gasteiger partial charge is 0.462 e. The Morgan fingerprint density at radius 1 is 0.532 bits per heavy atom. The Bertz CT molecular complexity index is 782. The highest BCUT2D eigenvalue weighted by molar-refractivity contribution is 7.46. The number of unbranched alkanes of at least 4 members (excludes halogenated alkanes) is 24. The van der Waals surface area contributed by atoms with Crippen LogP contribution in [0.25, 0.3) is 0 Å². The summed E-state index contributed by atoms with van der Waals surface area (Å²) >= 11 is 0. The van der Waals surface area contributed by atoms with Gasteiger partial charge in [-0.2, -0.15) is 0 Å². The second-order valence-corrected chi connectivity index (χ2v) is 14.5. The number of hydrogen-bond donors (Lipinski definition) is 2. The fourth-order valence-electron chi connectivity index (χ4n) is 5.60. The van der Waals surface area contributed by atoms with E-state index in [1.807, 2.05) is 0 Å². The molecule has 0 aromatic carbocycles. The minimum Gasteiger partial charge on any atom is -0.462 e. The predicted molar refractivity (Wildman–Crippen MR) is 193 cm³/mol. The van der Waals surface area contributed by atoms with Crippen LogP contribution in [0.2, 0.25) is 0 Å². The summed E-state index contributed by atoms with van der Waals surface area (Å²) in [4.78, 5) is 42.7. The molecule has 0 radical (unpaired) electrons. The second kappa shape index (κ2) is 34.6. The van der Waals surface area contributed by atoms with Gasteiger partial charge < -0.3 is 19.3 Å². The van der Waals surface area contributed by atoms with Gasteiger partial charge in [-0.25, -0.2) is 4.57 Å². The third kappa shape index (κ3) is 37.5. The third-order valence-electron chi connectivity index (χ3n) is 8.53. The van der Waals surface area contributed by atoms with Crippen LogP contribution in [0.5, 0.6) is 0 Å². The molecule has 0 heterocycles. The summed E-state index contributed by atoms with van der Waals surface area (Å²) in [5.41, 5.74) is 0. The Labute approximate surface area is 288 Å². The third-order valence-corrected chi connectivity index (χ3v) is 9.02. The zero-order chi connectivity index (χ0) is 34.7. The van der Waals surface area contributed by atoms with Crippen LogP contribution in [-0.4, -0.2) is 41.0 Å². The molecule has 0 unspecified atom stereocenters. The number of ether oxygens (including phenoxy) is 2. The van der Waals surface area contributed by atoms with Crippen LogP contribution in [0.3, 0.4) is 0 Å². The van der Waals surface area contributed by atoms with E-state index in [1.54, 1.807) is 0 Å². The molecule has 0 rings (SSSR count). The van der Waals surface area contributed by atoms with Crippen LogP contribution in [0, 0.1) is 0 Å². The topological polar surface area (TPSA) is 119 Å². The lowest BCUT2D eigenvalue weighted by molar-refractivity contribution is -0.161. The molecule has 9 heteroatoms. The van der Waals surface area contributed by atoms with Crippen molar-refractivity contribution in [2.75, 3.05) is 13.2 Å². The molecule has 0 saturated carbocycles. The molecule has 0 bridgehead atoms. The number of carbonyl (C=O) groups excluding carboxylic acids is 2. The Balaban J connectivity index is 3.95. The SMILES string of the molecule is CCCCCCCCCCC/C=C/CCCCC(=O)O[C@H](COC(=O)CCCCCCCCCCCCCCCC)COP(=O)(O)O. The Morgan fingerprint density at radius 2 is 0.894 bits per heavy atom. The van der Waals surface area contributed by atoms with Gasteiger partial charge >= 0.3 is 19.8 Å². The van der Waals surface area contributed by atoms with Gasteiger partial charge in [0.2, 0.25) is 0 Å². The quantitative estimate of drug-likeness (QED) is 0.0289. The molecule has 0 aliphatic rings. The average molecular weight is 689 g/mol. The summed E-state index contributed by atoms with van der Waals surface area (Å²) in [6.07, 6.45) is 36.5. The number of esters is 2. The Kier molecular flexibility index (Phi) is 33.8. The minimum atomic E-state index is -4.75. The predicted octanol–water partition coefficient (Wildman–Crippen LogP) is 11.5. The molecule has 0 aliphatic heterocycles. The van der Waals surface area contributed by atoms with Crippen LogP contribution in [-0.2, 0) is 28.2 Å². The van der Waals surface area contributed by atoms with Crippen LogP contribution < -0.4 is 0 Å². The number of phosphoric ester groups is 1. The van der Waals surface area contributed by atoms with Crippen molar-refractivity contribution in [1.29, 1.82) is 0 Å². The second-order valence-electron chi connectivity index (χ2n) is 13.3. The maximum absolute atomic E-state index is 12.3. The highest BCUT2D eigenvalue weighted by Crippen LogP contribution is 2.36. The van der Waals surface area contributed by atoms with E-state index in [0.29, 0.717) is 6.42 Å². The van der Waals surface area contributed by atoms with Crippen LogP contribution in [0.4, 0.5) is 0 Å². The van der Waals surface area contributed by atoms with Crippen molar-refractivity contribution < 1.29 is 37.9 Å². The summed E-state index contributed by atoms with van der Waals surface area (Å²) in [6.45, 7) is 3.67. The first-order valence-electron chi connectivity index (χ1n) is 19.5. The van der Waals surface area contributed by atoms with E-state index in [0.717, 1.165) is 38.5 Å². The molecule has 0 fully saturated rings. The van der Waals surface area contributed by atoms with E-state index in [1.165, 1.54) is 128 Å². The van der Waals surface area contributed by atoms with Gasteiger partial charge in [-0.15, -0.1) is 0 Å². The van der Waals surface area contributed by atoms with Gasteiger partial charge in [0.1, 0.15) is 6.61 Å². The molecule has 47 heavy (non-hydrogen) atoms. The number of allylic oxidation sites excluding steroid dienone is 2. The van der Waals surface area contributed by atoms with E-state index in [2.05, 4.69) is 30.5 Å². The molecule has 0 aliphatic carbocycles. The monoisotopic (exact) mass is 689 g/mol. The maximum Gasteiger partial charge on any atom is 0.469 e. The van der Waals surface area contributed by atoms with E-state index in [9.17, 15) is 14.2 Å². The van der Waals surface area contributed by atoms with Gasteiger partial charge in [0, 0.05) is 12.8 Å². The number of hydrogen-bond acceptors (Lipinski definition) is 6. The van der Waals surface area contributed by atoms with E-state index < -0.39 is 32.5 Å². The standard InChI is InChI=1S/C38H73O8P/c1-3-5-7-9-11-13-15-17-19-21-23-25-27-29-31-33-38(40)46-36(35-45-47(41,42)43)34-44-37(39)32-30-28-26-24-22-20-18-16-14-12-10-8-6-4-2/h23,25,36H,3-22,24,26-35H2,1-2H3,(H2,41,42,43)/b25-23+/t36-/m1/s1. The lowest BCUT2D eigenvalue weighted by atomic mass is 10.0. The van der Waals surface area contributed by atoms with Crippen molar-refractivity contribution in [3.63, 3.8) is 0 Å². The number of phosphoric acid groups is 1. The maximum atomic E-state index is 12.3. The molecule has 0 saturated heterocycles. The number of carbonyl (C=O) groups is 2. The molecule has 0 aromatic rings. The molecule has 0 amide bonds. The minimum absolute atomic E-state index is 0.186. The first-order valence-corrected chi connectivity index (χ1v) is 21.0. The molecule has 0 aromatic heterocycles. The van der Waals surface area contributed by atoms with Crippen molar-refractivity contribution >= 4 is 19.8 Å². The highest BCUT2D eigenvalue weighted by atomic mass is 31.2. The van der Waals surface area contributed by atoms with Crippen molar-refractivity contribution in [3.8, 4) is 0 Å². The van der Waals surface area contributed by atoms with Crippen LogP contribution in [0.15, 0.2) is 12.2 Å². The van der Waals surface area contributed by atoms with E-state index in [4.69, 9.17) is 19.3 Å². The van der Waals surface area contributed by atoms with Gasteiger partial charge in [0.25, 0.3) is 0 Å². The van der Waals surface area contributed by atoms with Gasteiger partial charge in [-0.3, -0.25) is 14.1 Å². The van der Waals surface area contributed by atoms with Crippen LogP contribution >= 0.6 is 7.82 Å². The largest absolute Gasteiger partial charge is 0.469 e. The lowest BCUT2D eigenvalue weighted by Gasteiger charge is -2.18. The Morgan fingerprint density at radius 3 is 1.34 bits per heavy atom. The molecular weight excluding hydrogens is 615 g/mol. The number of rotatable bonds is 36. The molecule has 278 valence electrons. The zero-order valence-corrected chi connectivity index (χ0v) is 31.3. The van der Waals surface area contributed by atoms with E-state index >= 15 is 0 Å². The van der Waals surface area contributed by atoms with Gasteiger partial charge in [0.05, 0.1) is 6.61 Å². The average Bonchev–Trinajstić information content (AvgIpc) is 3.03. The van der Waals surface area contributed by atoms with Crippen molar-refractivity contribution in [2.45, 2.75) is 206 Å².